The fourth-order valence-electron chi connectivity index (χ4n) is 2.70. The maximum atomic E-state index is 9.87. The van der Waals surface area contributed by atoms with Crippen molar-refractivity contribution in [3.05, 3.63) is 0 Å². The molecule has 1 unspecified atom stereocenters. The van der Waals surface area contributed by atoms with Gasteiger partial charge in [-0.1, -0.05) is 64.7 Å². The van der Waals surface area contributed by atoms with Crippen molar-refractivity contribution in [1.29, 1.82) is 0 Å². The molecule has 0 rings (SSSR count). The van der Waals surface area contributed by atoms with Crippen molar-refractivity contribution < 1.29 is 9.59 Å². The highest BCUT2D eigenvalue weighted by atomic mass is 16.3. The van der Waals surface area contributed by atoms with E-state index in [9.17, 15) is 5.11 Å². The summed E-state index contributed by atoms with van der Waals surface area (Å²) < 4.78 is 0.821. The van der Waals surface area contributed by atoms with Crippen LogP contribution in [0, 0.1) is 0 Å². The Morgan fingerprint density at radius 1 is 0.810 bits per heavy atom. The van der Waals surface area contributed by atoms with E-state index < -0.39 is 0 Å². The molecule has 0 aromatic carbocycles. The molecule has 0 amide bonds. The van der Waals surface area contributed by atoms with Crippen LogP contribution in [0.25, 0.3) is 0 Å². The van der Waals surface area contributed by atoms with E-state index in [-0.39, 0.29) is 6.10 Å². The van der Waals surface area contributed by atoms with Gasteiger partial charge >= 0.3 is 0 Å². The fourth-order valence-corrected chi connectivity index (χ4v) is 2.70. The van der Waals surface area contributed by atoms with Crippen LogP contribution in [-0.4, -0.2) is 56.5 Å². The molecule has 3 heteroatoms. The first-order chi connectivity index (χ1) is 9.95. The maximum Gasteiger partial charge on any atom is 0.115 e. The predicted molar refractivity (Wildman–Crippen MR) is 93.6 cm³/mol. The van der Waals surface area contributed by atoms with E-state index in [1.165, 1.54) is 64.2 Å². The van der Waals surface area contributed by atoms with Gasteiger partial charge in [-0.05, 0) is 13.0 Å². The molecule has 21 heavy (non-hydrogen) atoms. The number of unbranched alkanes of at least 4 members (excludes halogenated alkanes) is 9. The molecule has 2 N–H and O–H groups in total. The van der Waals surface area contributed by atoms with E-state index in [1.54, 1.807) is 0 Å². The third-order valence-electron chi connectivity index (χ3n) is 3.85. The molecule has 0 radical (unpaired) electrons. The van der Waals surface area contributed by atoms with Gasteiger partial charge in [-0.15, -0.1) is 0 Å². The fraction of sp³-hybridized carbons (Fsp3) is 1.00. The Morgan fingerprint density at radius 3 is 1.76 bits per heavy atom. The zero-order chi connectivity index (χ0) is 16.0. The minimum atomic E-state index is -0.229. The Hall–Kier alpha value is -0.120. The highest BCUT2D eigenvalue weighted by Crippen LogP contribution is 2.10. The van der Waals surface area contributed by atoms with Gasteiger partial charge in [-0.25, -0.2) is 0 Å². The van der Waals surface area contributed by atoms with E-state index in [0.29, 0.717) is 0 Å². The smallest absolute Gasteiger partial charge is 0.115 e. The Kier molecular flexibility index (Phi) is 13.5. The Labute approximate surface area is 133 Å². The van der Waals surface area contributed by atoms with E-state index in [2.05, 4.69) is 33.4 Å². The number of aliphatic hydroxyl groups excluding tert-OH is 1. The van der Waals surface area contributed by atoms with Crippen molar-refractivity contribution in [3.8, 4) is 0 Å². The monoisotopic (exact) mass is 301 g/mol. The molecule has 0 heterocycles. The Morgan fingerprint density at radius 2 is 1.29 bits per heavy atom. The third-order valence-corrected chi connectivity index (χ3v) is 3.85. The molecular formula is C18H41N2O+. The van der Waals surface area contributed by atoms with Crippen molar-refractivity contribution in [2.75, 3.05) is 40.8 Å². The summed E-state index contributed by atoms with van der Waals surface area (Å²) >= 11 is 0. The number of hydrogen-bond acceptors (Lipinski definition) is 2. The molecule has 0 spiro atoms. The first kappa shape index (κ1) is 20.9. The summed E-state index contributed by atoms with van der Waals surface area (Å²) in [5, 5.41) is 13.2. The Balaban J connectivity index is 3.15. The average Bonchev–Trinajstić information content (AvgIpc) is 2.38. The zero-order valence-electron chi connectivity index (χ0n) is 15.2. The van der Waals surface area contributed by atoms with Gasteiger partial charge in [0.1, 0.15) is 12.6 Å². The highest BCUT2D eigenvalue weighted by Gasteiger charge is 2.14. The van der Waals surface area contributed by atoms with Crippen LogP contribution in [0.4, 0.5) is 0 Å². The van der Waals surface area contributed by atoms with Crippen molar-refractivity contribution in [3.63, 3.8) is 0 Å². The van der Waals surface area contributed by atoms with E-state index in [4.69, 9.17) is 0 Å². The highest BCUT2D eigenvalue weighted by molar-refractivity contribution is 4.58. The van der Waals surface area contributed by atoms with Gasteiger partial charge < -0.3 is 14.9 Å². The molecule has 0 aliphatic rings. The summed E-state index contributed by atoms with van der Waals surface area (Å²) in [6.07, 6.45) is 13.6. The van der Waals surface area contributed by atoms with Crippen LogP contribution >= 0.6 is 0 Å². The first-order valence-electron chi connectivity index (χ1n) is 9.15. The van der Waals surface area contributed by atoms with Gasteiger partial charge in [0.25, 0.3) is 0 Å². The lowest BCUT2D eigenvalue weighted by Crippen LogP contribution is -2.45. The zero-order valence-corrected chi connectivity index (χ0v) is 15.2. The van der Waals surface area contributed by atoms with Crippen LogP contribution in [-0.2, 0) is 0 Å². The van der Waals surface area contributed by atoms with Gasteiger partial charge in [0.2, 0.25) is 0 Å². The summed E-state index contributed by atoms with van der Waals surface area (Å²) in [7, 11) is 6.35. The van der Waals surface area contributed by atoms with Crippen molar-refractivity contribution >= 4 is 0 Å². The van der Waals surface area contributed by atoms with Crippen LogP contribution in [0.3, 0.4) is 0 Å². The molecule has 0 aromatic heterocycles. The molecule has 3 nitrogen and oxygen atoms in total. The standard InChI is InChI=1S/C18H41N2O/c1-5-6-7-8-9-10-11-12-13-14-15-19-16-18(21)17-20(2,3)4/h18-19,21H,5-17H2,1-4H3/q+1. The molecule has 0 aliphatic heterocycles. The lowest BCUT2D eigenvalue weighted by molar-refractivity contribution is -0.873. The predicted octanol–water partition coefficient (Wildman–Crippen LogP) is 3.56. The maximum absolute atomic E-state index is 9.87. The molecular weight excluding hydrogens is 260 g/mol. The first-order valence-corrected chi connectivity index (χ1v) is 9.15. The van der Waals surface area contributed by atoms with E-state index >= 15 is 0 Å². The molecule has 0 aromatic rings. The third kappa shape index (κ3) is 17.8. The SMILES string of the molecule is CCCCCCCCCCCCNCC(O)C[N+](C)(C)C. The molecule has 0 bridgehead atoms. The molecule has 0 saturated carbocycles. The molecule has 0 saturated heterocycles. The van der Waals surface area contributed by atoms with Gasteiger partial charge in [-0.3, -0.25) is 0 Å². The van der Waals surface area contributed by atoms with Crippen LogP contribution in [0.5, 0.6) is 0 Å². The number of aliphatic hydroxyl groups is 1. The lowest BCUT2D eigenvalue weighted by atomic mass is 10.1. The number of nitrogens with one attached hydrogen (secondary N) is 1. The van der Waals surface area contributed by atoms with Gasteiger partial charge in [0.05, 0.1) is 21.1 Å². The van der Waals surface area contributed by atoms with Crippen molar-refractivity contribution in [1.82, 2.24) is 5.32 Å². The van der Waals surface area contributed by atoms with Crippen LogP contribution < -0.4 is 5.32 Å². The average molecular weight is 302 g/mol. The van der Waals surface area contributed by atoms with Crippen LogP contribution in [0.1, 0.15) is 71.1 Å². The number of nitrogens with zero attached hydrogens (tertiary/aromatic N) is 1. The minimum absolute atomic E-state index is 0.229. The normalized spacial score (nSPS) is 13.6. The topological polar surface area (TPSA) is 32.3 Å². The number of quaternary nitrogens is 1. The molecule has 1 atom stereocenters. The quantitative estimate of drug-likeness (QED) is 0.358. The summed E-state index contributed by atoms with van der Waals surface area (Å²) in [5.74, 6) is 0. The summed E-state index contributed by atoms with van der Waals surface area (Å²) in [6, 6.07) is 0. The van der Waals surface area contributed by atoms with Crippen molar-refractivity contribution in [2.45, 2.75) is 77.2 Å². The molecule has 128 valence electrons. The van der Waals surface area contributed by atoms with Crippen LogP contribution in [0.2, 0.25) is 0 Å². The lowest BCUT2D eigenvalue weighted by Gasteiger charge is -2.26. The van der Waals surface area contributed by atoms with Gasteiger partial charge in [0.15, 0.2) is 0 Å². The number of likely N-dealkylation sites (N-methyl/N-ethyl adjacent to an activating group) is 1. The largest absolute Gasteiger partial charge is 0.386 e. The summed E-state index contributed by atoms with van der Waals surface area (Å²) in [5.41, 5.74) is 0. The second-order valence-electron chi connectivity index (χ2n) is 7.51. The second kappa shape index (κ2) is 13.5. The molecule has 0 fully saturated rings. The Bertz CT molecular complexity index is 214. The number of rotatable bonds is 15. The van der Waals surface area contributed by atoms with E-state index in [0.717, 1.165) is 24.1 Å². The van der Waals surface area contributed by atoms with E-state index in [1.807, 2.05) is 0 Å². The van der Waals surface area contributed by atoms with Gasteiger partial charge in [0, 0.05) is 6.54 Å². The summed E-state index contributed by atoms with van der Waals surface area (Å²) in [6.45, 7) is 4.86. The van der Waals surface area contributed by atoms with Crippen molar-refractivity contribution in [2.24, 2.45) is 0 Å². The molecule has 0 aliphatic carbocycles. The van der Waals surface area contributed by atoms with Crippen LogP contribution in [0.15, 0.2) is 0 Å². The number of hydrogen-bond donors (Lipinski definition) is 2. The minimum Gasteiger partial charge on any atom is -0.386 e. The van der Waals surface area contributed by atoms with Gasteiger partial charge in [-0.2, -0.15) is 0 Å². The summed E-state index contributed by atoms with van der Waals surface area (Å²) in [4.78, 5) is 0. The second-order valence-corrected chi connectivity index (χ2v) is 7.51.